The van der Waals surface area contributed by atoms with Gasteiger partial charge in [0.05, 0.1) is 12.5 Å². The molecule has 1 aromatic rings. The second-order valence-corrected chi connectivity index (χ2v) is 6.26. The first-order chi connectivity index (χ1) is 9.97. The number of benzene rings is 1. The Hall–Kier alpha value is -1.56. The highest BCUT2D eigenvalue weighted by molar-refractivity contribution is 9.10. The van der Waals surface area contributed by atoms with E-state index in [0.717, 1.165) is 16.5 Å². The van der Waals surface area contributed by atoms with Crippen LogP contribution in [0.5, 0.6) is 5.75 Å². The molecule has 0 aromatic heterocycles. The van der Waals surface area contributed by atoms with Crippen molar-refractivity contribution < 1.29 is 19.4 Å². The van der Waals surface area contributed by atoms with Crippen LogP contribution in [-0.2, 0) is 16.1 Å². The van der Waals surface area contributed by atoms with Crippen molar-refractivity contribution in [1.82, 2.24) is 5.32 Å². The number of carbonyl (C=O) groups excluding carboxylic acids is 1. The number of carboxylic acid groups (broad SMARTS) is 1. The predicted octanol–water partition coefficient (Wildman–Crippen LogP) is 2.72. The molecule has 1 aromatic carbocycles. The van der Waals surface area contributed by atoms with E-state index in [2.05, 4.69) is 21.2 Å². The number of carbonyl (C=O) groups is 2. The van der Waals surface area contributed by atoms with Crippen LogP contribution in [-0.4, -0.2) is 24.1 Å². The third-order valence-electron chi connectivity index (χ3n) is 3.98. The monoisotopic (exact) mass is 355 g/mol. The lowest BCUT2D eigenvalue weighted by Crippen LogP contribution is -2.42. The van der Waals surface area contributed by atoms with E-state index in [1.807, 2.05) is 18.2 Å². The quantitative estimate of drug-likeness (QED) is 0.822. The average molecular weight is 356 g/mol. The molecule has 0 radical (unpaired) electrons. The largest absolute Gasteiger partial charge is 0.496 e. The van der Waals surface area contributed by atoms with Crippen molar-refractivity contribution in [1.29, 1.82) is 0 Å². The summed E-state index contributed by atoms with van der Waals surface area (Å²) in [6.45, 7) is 0.317. The Kier molecular flexibility index (Phi) is 4.88. The van der Waals surface area contributed by atoms with Crippen molar-refractivity contribution in [2.45, 2.75) is 32.2 Å². The number of hydrogen-bond donors (Lipinski definition) is 2. The number of rotatable bonds is 6. The van der Waals surface area contributed by atoms with Crippen LogP contribution in [0, 0.1) is 5.41 Å². The van der Waals surface area contributed by atoms with Crippen LogP contribution >= 0.6 is 15.9 Å². The number of carboxylic acids is 1. The molecule has 5 nitrogen and oxygen atoms in total. The summed E-state index contributed by atoms with van der Waals surface area (Å²) in [6.07, 6.45) is 2.07. The second-order valence-electron chi connectivity index (χ2n) is 5.35. The zero-order valence-electron chi connectivity index (χ0n) is 11.8. The lowest BCUT2D eigenvalue weighted by atomic mass is 9.66. The van der Waals surface area contributed by atoms with Gasteiger partial charge in [-0.05, 0) is 31.0 Å². The van der Waals surface area contributed by atoms with Crippen molar-refractivity contribution in [3.63, 3.8) is 0 Å². The van der Waals surface area contributed by atoms with E-state index in [0.29, 0.717) is 25.1 Å². The van der Waals surface area contributed by atoms with Gasteiger partial charge < -0.3 is 15.2 Å². The number of halogens is 1. The molecule has 0 bridgehead atoms. The van der Waals surface area contributed by atoms with Crippen molar-refractivity contribution in [3.8, 4) is 5.75 Å². The molecule has 0 spiro atoms. The molecular weight excluding hydrogens is 338 g/mol. The molecule has 0 unspecified atom stereocenters. The minimum Gasteiger partial charge on any atom is -0.496 e. The number of nitrogens with one attached hydrogen (secondary N) is 1. The molecule has 1 saturated carbocycles. The summed E-state index contributed by atoms with van der Waals surface area (Å²) in [5, 5.41) is 12.0. The van der Waals surface area contributed by atoms with Crippen LogP contribution < -0.4 is 10.1 Å². The smallest absolute Gasteiger partial charge is 0.310 e. The number of aliphatic carboxylic acids is 1. The van der Waals surface area contributed by atoms with Crippen molar-refractivity contribution >= 4 is 27.8 Å². The van der Waals surface area contributed by atoms with Crippen LogP contribution in [0.25, 0.3) is 0 Å². The van der Waals surface area contributed by atoms with Gasteiger partial charge in [0.15, 0.2) is 0 Å². The van der Waals surface area contributed by atoms with Gasteiger partial charge in [-0.1, -0.05) is 22.4 Å². The van der Waals surface area contributed by atoms with E-state index in [1.54, 1.807) is 7.11 Å². The normalized spacial score (nSPS) is 15.9. The van der Waals surface area contributed by atoms with Crippen molar-refractivity contribution in [2.24, 2.45) is 5.41 Å². The zero-order chi connectivity index (χ0) is 15.5. The maximum Gasteiger partial charge on any atom is 0.310 e. The van der Waals surface area contributed by atoms with Crippen LogP contribution in [0.3, 0.4) is 0 Å². The van der Waals surface area contributed by atoms with Gasteiger partial charge in [0.1, 0.15) is 5.75 Å². The summed E-state index contributed by atoms with van der Waals surface area (Å²) in [7, 11) is 1.57. The van der Waals surface area contributed by atoms with Crippen molar-refractivity contribution in [3.05, 3.63) is 28.2 Å². The molecule has 2 N–H and O–H groups in total. The molecule has 0 atom stereocenters. The van der Waals surface area contributed by atoms with Gasteiger partial charge >= 0.3 is 5.97 Å². The Labute approximate surface area is 131 Å². The molecule has 0 aliphatic heterocycles. The first-order valence-corrected chi connectivity index (χ1v) is 7.59. The third-order valence-corrected chi connectivity index (χ3v) is 4.47. The molecule has 6 heteroatoms. The molecule has 1 aliphatic carbocycles. The van der Waals surface area contributed by atoms with E-state index >= 15 is 0 Å². The summed E-state index contributed by atoms with van der Waals surface area (Å²) in [5.74, 6) is -0.418. The van der Waals surface area contributed by atoms with Gasteiger partial charge in [-0.3, -0.25) is 9.59 Å². The average Bonchev–Trinajstić information content (AvgIpc) is 2.40. The minimum atomic E-state index is -0.871. The van der Waals surface area contributed by atoms with Gasteiger partial charge in [0, 0.05) is 23.0 Å². The number of ether oxygens (including phenoxy) is 1. The molecule has 0 saturated heterocycles. The standard InChI is InChI=1S/C15H18BrNO4/c1-21-12-4-3-11(16)7-10(12)9-17-13(18)8-15(14(19)20)5-2-6-15/h3-4,7H,2,5-6,8-9H2,1H3,(H,17,18)(H,19,20). The summed E-state index contributed by atoms with van der Waals surface area (Å²) in [6, 6.07) is 5.55. The summed E-state index contributed by atoms with van der Waals surface area (Å²) in [5.41, 5.74) is -0.0101. The van der Waals surface area contributed by atoms with E-state index in [9.17, 15) is 14.7 Å². The number of hydrogen-bond acceptors (Lipinski definition) is 3. The molecule has 21 heavy (non-hydrogen) atoms. The highest BCUT2D eigenvalue weighted by atomic mass is 79.9. The van der Waals surface area contributed by atoms with Crippen LogP contribution in [0.15, 0.2) is 22.7 Å². The Balaban J connectivity index is 1.95. The maximum absolute atomic E-state index is 12.0. The number of amides is 1. The lowest BCUT2D eigenvalue weighted by molar-refractivity contribution is -0.157. The van der Waals surface area contributed by atoms with E-state index in [1.165, 1.54) is 0 Å². The minimum absolute atomic E-state index is 0.0403. The van der Waals surface area contributed by atoms with E-state index in [-0.39, 0.29) is 12.3 Å². The highest BCUT2D eigenvalue weighted by Gasteiger charge is 2.45. The highest BCUT2D eigenvalue weighted by Crippen LogP contribution is 2.44. The fourth-order valence-electron chi connectivity index (χ4n) is 2.52. The van der Waals surface area contributed by atoms with Crippen molar-refractivity contribution in [2.75, 3.05) is 7.11 Å². The topological polar surface area (TPSA) is 75.6 Å². The first kappa shape index (κ1) is 15.8. The fourth-order valence-corrected chi connectivity index (χ4v) is 2.93. The molecular formula is C15H18BrNO4. The summed E-state index contributed by atoms with van der Waals surface area (Å²) >= 11 is 3.37. The van der Waals surface area contributed by atoms with Crippen LogP contribution in [0.4, 0.5) is 0 Å². The molecule has 1 aliphatic rings. The van der Waals surface area contributed by atoms with Gasteiger partial charge in [0.2, 0.25) is 5.91 Å². The molecule has 1 amide bonds. The van der Waals surface area contributed by atoms with E-state index < -0.39 is 11.4 Å². The maximum atomic E-state index is 12.0. The predicted molar refractivity (Wildman–Crippen MR) is 81.1 cm³/mol. The van der Waals surface area contributed by atoms with Gasteiger partial charge in [-0.25, -0.2) is 0 Å². The Bertz CT molecular complexity index is 555. The van der Waals surface area contributed by atoms with E-state index in [4.69, 9.17) is 4.74 Å². The number of methoxy groups -OCH3 is 1. The summed E-state index contributed by atoms with van der Waals surface area (Å²) < 4.78 is 6.13. The second kappa shape index (κ2) is 6.47. The fraction of sp³-hybridized carbons (Fsp3) is 0.467. The third kappa shape index (κ3) is 3.56. The summed E-state index contributed by atoms with van der Waals surface area (Å²) in [4.78, 5) is 23.2. The Morgan fingerprint density at radius 3 is 2.67 bits per heavy atom. The van der Waals surface area contributed by atoms with Gasteiger partial charge in [-0.15, -0.1) is 0 Å². The molecule has 2 rings (SSSR count). The van der Waals surface area contributed by atoms with Crippen LogP contribution in [0.2, 0.25) is 0 Å². The Morgan fingerprint density at radius 1 is 1.43 bits per heavy atom. The van der Waals surface area contributed by atoms with Gasteiger partial charge in [-0.2, -0.15) is 0 Å². The molecule has 0 heterocycles. The lowest BCUT2D eigenvalue weighted by Gasteiger charge is -2.36. The SMILES string of the molecule is COc1ccc(Br)cc1CNC(=O)CC1(C(=O)O)CCC1. The Morgan fingerprint density at radius 2 is 2.14 bits per heavy atom. The first-order valence-electron chi connectivity index (χ1n) is 6.79. The van der Waals surface area contributed by atoms with Crippen LogP contribution in [0.1, 0.15) is 31.2 Å². The zero-order valence-corrected chi connectivity index (χ0v) is 13.4. The molecule has 114 valence electrons. The molecule has 1 fully saturated rings. The van der Waals surface area contributed by atoms with Gasteiger partial charge in [0.25, 0.3) is 0 Å².